The van der Waals surface area contributed by atoms with Crippen LogP contribution in [0.3, 0.4) is 0 Å². The molecule has 2 nitrogen and oxygen atoms in total. The Morgan fingerprint density at radius 3 is 1.88 bits per heavy atom. The minimum Gasteiger partial charge on any atom is -0.289 e. The van der Waals surface area contributed by atoms with E-state index in [1.54, 1.807) is 30.3 Å². The molecule has 0 bridgehead atoms. The summed E-state index contributed by atoms with van der Waals surface area (Å²) in [5.41, 5.74) is 2.36. The number of benzene rings is 3. The molecule has 4 aromatic rings. The van der Waals surface area contributed by atoms with Gasteiger partial charge in [-0.15, -0.1) is 11.3 Å². The van der Waals surface area contributed by atoms with Gasteiger partial charge in [-0.3, -0.25) is 9.59 Å². The molecule has 3 aromatic carbocycles. The highest BCUT2D eigenvalue weighted by Gasteiger charge is 2.18. The zero-order valence-electron chi connectivity index (χ0n) is 13.3. The van der Waals surface area contributed by atoms with E-state index in [4.69, 9.17) is 0 Å². The molecule has 0 aliphatic rings. The van der Waals surface area contributed by atoms with Gasteiger partial charge < -0.3 is 0 Å². The van der Waals surface area contributed by atoms with E-state index in [1.807, 2.05) is 53.9 Å². The zero-order valence-corrected chi connectivity index (χ0v) is 14.1. The standard InChI is InChI=1S/C22H14O2S/c23-21(15-7-3-1-4-8-15)17-13-19(18-11-12-25-20(18)14-17)22(24)16-9-5-2-6-10-16/h1-14H. The highest BCUT2D eigenvalue weighted by atomic mass is 32.1. The molecule has 0 radical (unpaired) electrons. The van der Waals surface area contributed by atoms with Crippen molar-refractivity contribution < 1.29 is 9.59 Å². The van der Waals surface area contributed by atoms with Gasteiger partial charge in [0.2, 0.25) is 0 Å². The minimum absolute atomic E-state index is 0.0632. The summed E-state index contributed by atoms with van der Waals surface area (Å²) in [5.74, 6) is -0.135. The summed E-state index contributed by atoms with van der Waals surface area (Å²) in [4.78, 5) is 25.8. The number of hydrogen-bond donors (Lipinski definition) is 0. The van der Waals surface area contributed by atoms with Crippen LogP contribution in [0.2, 0.25) is 0 Å². The summed E-state index contributed by atoms with van der Waals surface area (Å²) >= 11 is 1.54. The maximum absolute atomic E-state index is 13.0. The third-order valence-electron chi connectivity index (χ3n) is 4.15. The molecular weight excluding hydrogens is 328 g/mol. The molecule has 120 valence electrons. The highest BCUT2D eigenvalue weighted by molar-refractivity contribution is 7.17. The van der Waals surface area contributed by atoms with Crippen LogP contribution in [-0.2, 0) is 0 Å². The maximum atomic E-state index is 13.0. The average Bonchev–Trinajstić information content (AvgIpc) is 3.16. The van der Waals surface area contributed by atoms with Gasteiger partial charge in [-0.25, -0.2) is 0 Å². The van der Waals surface area contributed by atoms with Crippen molar-refractivity contribution in [2.45, 2.75) is 0 Å². The number of thiophene rings is 1. The predicted octanol–water partition coefficient (Wildman–Crippen LogP) is 5.36. The largest absolute Gasteiger partial charge is 0.289 e. The van der Waals surface area contributed by atoms with Crippen LogP contribution in [0, 0.1) is 0 Å². The summed E-state index contributed by atoms with van der Waals surface area (Å²) in [7, 11) is 0. The van der Waals surface area contributed by atoms with Crippen LogP contribution < -0.4 is 0 Å². The van der Waals surface area contributed by atoms with Gasteiger partial charge in [0.15, 0.2) is 11.6 Å². The summed E-state index contributed by atoms with van der Waals surface area (Å²) in [6.45, 7) is 0. The number of rotatable bonds is 4. The van der Waals surface area contributed by atoms with Crippen molar-refractivity contribution in [3.63, 3.8) is 0 Å². The Morgan fingerprint density at radius 1 is 0.640 bits per heavy atom. The third kappa shape index (κ3) is 2.90. The fourth-order valence-electron chi connectivity index (χ4n) is 2.89. The molecule has 0 fully saturated rings. The zero-order chi connectivity index (χ0) is 17.2. The lowest BCUT2D eigenvalue weighted by Crippen LogP contribution is -2.06. The summed E-state index contributed by atoms with van der Waals surface area (Å²) < 4.78 is 0.945. The SMILES string of the molecule is O=C(c1ccccc1)c1cc(C(=O)c2ccccc2)c2ccsc2c1. The molecule has 0 saturated heterocycles. The first-order valence-electron chi connectivity index (χ1n) is 7.95. The lowest BCUT2D eigenvalue weighted by molar-refractivity contribution is 0.103. The van der Waals surface area contributed by atoms with Crippen molar-refractivity contribution in [3.05, 3.63) is 106 Å². The van der Waals surface area contributed by atoms with Crippen LogP contribution in [0.5, 0.6) is 0 Å². The van der Waals surface area contributed by atoms with Gasteiger partial charge in [-0.2, -0.15) is 0 Å². The molecule has 3 heteroatoms. The van der Waals surface area contributed by atoms with E-state index >= 15 is 0 Å². The highest BCUT2D eigenvalue weighted by Crippen LogP contribution is 2.29. The van der Waals surface area contributed by atoms with Crippen molar-refractivity contribution >= 4 is 33.0 Å². The fourth-order valence-corrected chi connectivity index (χ4v) is 3.74. The van der Waals surface area contributed by atoms with Crippen molar-refractivity contribution in [2.75, 3.05) is 0 Å². The summed E-state index contributed by atoms with van der Waals surface area (Å²) in [6.07, 6.45) is 0. The lowest BCUT2D eigenvalue weighted by Gasteiger charge is -2.07. The van der Waals surface area contributed by atoms with E-state index in [1.165, 1.54) is 11.3 Å². The number of hydrogen-bond acceptors (Lipinski definition) is 3. The van der Waals surface area contributed by atoms with Crippen molar-refractivity contribution in [1.82, 2.24) is 0 Å². The van der Waals surface area contributed by atoms with Crippen LogP contribution in [-0.4, -0.2) is 11.6 Å². The first kappa shape index (κ1) is 15.5. The molecular formula is C22H14O2S. The molecule has 25 heavy (non-hydrogen) atoms. The smallest absolute Gasteiger partial charge is 0.193 e. The topological polar surface area (TPSA) is 34.1 Å². The Hall–Kier alpha value is -3.04. The maximum Gasteiger partial charge on any atom is 0.193 e. The molecule has 0 aliphatic heterocycles. The average molecular weight is 342 g/mol. The van der Waals surface area contributed by atoms with Crippen molar-refractivity contribution in [2.24, 2.45) is 0 Å². The minimum atomic E-state index is -0.0713. The normalized spacial score (nSPS) is 10.7. The monoisotopic (exact) mass is 342 g/mol. The first-order valence-corrected chi connectivity index (χ1v) is 8.83. The number of carbonyl (C=O) groups is 2. The van der Waals surface area contributed by atoms with E-state index in [2.05, 4.69) is 0 Å². The summed E-state index contributed by atoms with van der Waals surface area (Å²) in [5, 5.41) is 2.84. The molecule has 0 aliphatic carbocycles. The van der Waals surface area contributed by atoms with Crippen LogP contribution >= 0.6 is 11.3 Å². The molecule has 0 N–H and O–H groups in total. The molecule has 4 rings (SSSR count). The Labute approximate surface area is 149 Å². The van der Waals surface area contributed by atoms with Gasteiger partial charge >= 0.3 is 0 Å². The van der Waals surface area contributed by atoms with Gasteiger partial charge in [0.25, 0.3) is 0 Å². The van der Waals surface area contributed by atoms with Crippen LogP contribution in [0.25, 0.3) is 10.1 Å². The molecule has 0 unspecified atom stereocenters. The van der Waals surface area contributed by atoms with E-state index in [9.17, 15) is 9.59 Å². The van der Waals surface area contributed by atoms with Crippen molar-refractivity contribution in [1.29, 1.82) is 0 Å². The number of carbonyl (C=O) groups excluding carboxylic acids is 2. The Balaban J connectivity index is 1.86. The van der Waals surface area contributed by atoms with E-state index in [0.29, 0.717) is 22.3 Å². The van der Waals surface area contributed by atoms with Crippen LogP contribution in [0.4, 0.5) is 0 Å². The molecule has 0 amide bonds. The van der Waals surface area contributed by atoms with Crippen molar-refractivity contribution in [3.8, 4) is 0 Å². The Bertz CT molecular complexity index is 1060. The van der Waals surface area contributed by atoms with Crippen LogP contribution in [0.1, 0.15) is 31.8 Å². The second kappa shape index (κ2) is 6.46. The number of fused-ring (bicyclic) bond motifs is 1. The molecule has 1 aromatic heterocycles. The molecule has 0 spiro atoms. The Morgan fingerprint density at radius 2 is 1.24 bits per heavy atom. The molecule has 1 heterocycles. The van der Waals surface area contributed by atoms with Gasteiger partial charge in [-0.1, -0.05) is 60.7 Å². The second-order valence-corrected chi connectivity index (χ2v) is 6.69. The summed E-state index contributed by atoms with van der Waals surface area (Å²) in [6, 6.07) is 23.8. The quantitative estimate of drug-likeness (QED) is 0.468. The van der Waals surface area contributed by atoms with Gasteiger partial charge in [-0.05, 0) is 23.6 Å². The molecule has 0 atom stereocenters. The van der Waals surface area contributed by atoms with E-state index in [-0.39, 0.29) is 11.6 Å². The number of ketones is 2. The third-order valence-corrected chi connectivity index (χ3v) is 5.01. The van der Waals surface area contributed by atoms with E-state index < -0.39 is 0 Å². The predicted molar refractivity (Wildman–Crippen MR) is 102 cm³/mol. The molecule has 0 saturated carbocycles. The Kier molecular flexibility index (Phi) is 4.00. The van der Waals surface area contributed by atoms with Crippen LogP contribution in [0.15, 0.2) is 84.2 Å². The van der Waals surface area contributed by atoms with Gasteiger partial charge in [0.05, 0.1) is 0 Å². The first-order chi connectivity index (χ1) is 12.2. The fraction of sp³-hybridized carbons (Fsp3) is 0. The van der Waals surface area contributed by atoms with E-state index in [0.717, 1.165) is 10.1 Å². The van der Waals surface area contributed by atoms with Gasteiger partial charge in [0.1, 0.15) is 0 Å². The van der Waals surface area contributed by atoms with Gasteiger partial charge in [0, 0.05) is 32.3 Å². The second-order valence-electron chi connectivity index (χ2n) is 5.75. The lowest BCUT2D eigenvalue weighted by atomic mass is 9.95.